The highest BCUT2D eigenvalue weighted by atomic mass is 35.5. The minimum Gasteiger partial charge on any atom is -0.484 e. The minimum absolute atomic E-state index is 0.0928. The van der Waals surface area contributed by atoms with Crippen LogP contribution in [0.2, 0.25) is 10.0 Å². The molecule has 0 aliphatic rings. The zero-order valence-corrected chi connectivity index (χ0v) is 12.7. The molecule has 0 aliphatic heterocycles. The van der Waals surface area contributed by atoms with E-state index in [1.807, 2.05) is 0 Å². The smallest absolute Gasteiger partial charge is 0.260 e. The molecule has 0 aromatic heterocycles. The lowest BCUT2D eigenvalue weighted by molar-refractivity contribution is -0.131. The van der Waals surface area contributed by atoms with Crippen molar-refractivity contribution in [2.75, 3.05) is 20.2 Å². The molecule has 0 bridgehead atoms. The first-order valence-corrected chi connectivity index (χ1v) is 6.66. The normalized spacial score (nSPS) is 10.1. The Balaban J connectivity index is 2.47. The third-order valence-electron chi connectivity index (χ3n) is 2.32. The molecule has 1 aromatic rings. The molecule has 0 heterocycles. The van der Waals surface area contributed by atoms with Crippen LogP contribution in [0.15, 0.2) is 18.2 Å². The highest BCUT2D eigenvalue weighted by Gasteiger charge is 2.10. The van der Waals surface area contributed by atoms with Crippen LogP contribution < -0.4 is 10.5 Å². The highest BCUT2D eigenvalue weighted by Crippen LogP contribution is 2.24. The SMILES string of the molecule is CN(CCC(N)=S)C(=O)COc1cc(Cl)cc(Cl)c1. The molecule has 0 saturated carbocycles. The lowest BCUT2D eigenvalue weighted by Gasteiger charge is -2.17. The van der Waals surface area contributed by atoms with Gasteiger partial charge in [0.05, 0.1) is 4.99 Å². The van der Waals surface area contributed by atoms with E-state index in [1.54, 1.807) is 25.2 Å². The van der Waals surface area contributed by atoms with Crippen LogP contribution in [-0.2, 0) is 4.79 Å². The third-order valence-corrected chi connectivity index (χ3v) is 2.96. The fraction of sp³-hybridized carbons (Fsp3) is 0.333. The van der Waals surface area contributed by atoms with Gasteiger partial charge in [0.1, 0.15) is 5.75 Å². The van der Waals surface area contributed by atoms with Crippen molar-refractivity contribution in [3.63, 3.8) is 0 Å². The molecule has 0 spiro atoms. The van der Waals surface area contributed by atoms with Gasteiger partial charge in [0.2, 0.25) is 0 Å². The second kappa shape index (κ2) is 7.53. The molecular weight excluding hydrogens is 307 g/mol. The number of halogens is 2. The van der Waals surface area contributed by atoms with Crippen LogP contribution in [0.25, 0.3) is 0 Å². The van der Waals surface area contributed by atoms with E-state index < -0.39 is 0 Å². The summed E-state index contributed by atoms with van der Waals surface area (Å²) in [5.41, 5.74) is 5.37. The van der Waals surface area contributed by atoms with Gasteiger partial charge in [-0.15, -0.1) is 0 Å². The van der Waals surface area contributed by atoms with Crippen molar-refractivity contribution in [2.45, 2.75) is 6.42 Å². The maximum atomic E-state index is 11.7. The maximum Gasteiger partial charge on any atom is 0.260 e. The number of nitrogens with zero attached hydrogens (tertiary/aromatic N) is 1. The molecule has 0 saturated heterocycles. The number of nitrogens with two attached hydrogens (primary N) is 1. The predicted octanol–water partition coefficient (Wildman–Crippen LogP) is 2.51. The van der Waals surface area contributed by atoms with Gasteiger partial charge in [0.15, 0.2) is 6.61 Å². The Morgan fingerprint density at radius 3 is 2.47 bits per heavy atom. The molecule has 0 unspecified atom stereocenters. The molecule has 19 heavy (non-hydrogen) atoms. The van der Waals surface area contributed by atoms with E-state index in [0.717, 1.165) is 0 Å². The van der Waals surface area contributed by atoms with Crippen LogP contribution in [0.3, 0.4) is 0 Å². The monoisotopic (exact) mass is 320 g/mol. The van der Waals surface area contributed by atoms with Gasteiger partial charge in [-0.1, -0.05) is 35.4 Å². The second-order valence-corrected chi connectivity index (χ2v) is 5.32. The van der Waals surface area contributed by atoms with Crippen LogP contribution in [0.4, 0.5) is 0 Å². The fourth-order valence-corrected chi connectivity index (χ4v) is 1.87. The van der Waals surface area contributed by atoms with E-state index >= 15 is 0 Å². The van der Waals surface area contributed by atoms with Gasteiger partial charge in [-0.3, -0.25) is 4.79 Å². The number of hydrogen-bond donors (Lipinski definition) is 1. The average molecular weight is 321 g/mol. The summed E-state index contributed by atoms with van der Waals surface area (Å²) in [5, 5.41) is 0.911. The summed E-state index contributed by atoms with van der Waals surface area (Å²) in [6, 6.07) is 4.78. The summed E-state index contributed by atoms with van der Waals surface area (Å²) in [5.74, 6) is 0.279. The van der Waals surface area contributed by atoms with Crippen molar-refractivity contribution in [2.24, 2.45) is 5.73 Å². The van der Waals surface area contributed by atoms with Crippen molar-refractivity contribution in [1.29, 1.82) is 0 Å². The number of hydrogen-bond acceptors (Lipinski definition) is 3. The lowest BCUT2D eigenvalue weighted by Crippen LogP contribution is -2.33. The van der Waals surface area contributed by atoms with Crippen molar-refractivity contribution in [1.82, 2.24) is 4.90 Å². The van der Waals surface area contributed by atoms with Crippen LogP contribution in [-0.4, -0.2) is 36.0 Å². The topological polar surface area (TPSA) is 55.6 Å². The predicted molar refractivity (Wildman–Crippen MR) is 81.0 cm³/mol. The van der Waals surface area contributed by atoms with E-state index in [-0.39, 0.29) is 12.5 Å². The van der Waals surface area contributed by atoms with Gasteiger partial charge >= 0.3 is 0 Å². The molecule has 1 rings (SSSR count). The standard InChI is InChI=1S/C12H14Cl2N2O2S/c1-16(3-2-11(15)19)12(17)7-18-10-5-8(13)4-9(14)6-10/h4-6H,2-3,7H2,1H3,(H2,15,19). The molecule has 0 atom stereocenters. The number of carbonyl (C=O) groups excluding carboxylic acids is 1. The zero-order valence-electron chi connectivity index (χ0n) is 10.4. The molecule has 2 N–H and O–H groups in total. The molecule has 1 amide bonds. The molecular formula is C12H14Cl2N2O2S. The molecule has 0 fully saturated rings. The Morgan fingerprint density at radius 1 is 1.37 bits per heavy atom. The molecule has 0 aliphatic carbocycles. The van der Waals surface area contributed by atoms with Gasteiger partial charge in [0.25, 0.3) is 5.91 Å². The molecule has 4 nitrogen and oxygen atoms in total. The van der Waals surface area contributed by atoms with Gasteiger partial charge in [0, 0.05) is 30.1 Å². The third kappa shape index (κ3) is 6.09. The zero-order chi connectivity index (χ0) is 14.4. The summed E-state index contributed by atoms with van der Waals surface area (Å²) in [4.78, 5) is 13.6. The van der Waals surface area contributed by atoms with Gasteiger partial charge < -0.3 is 15.4 Å². The number of carbonyl (C=O) groups is 1. The Bertz CT molecular complexity index is 463. The quantitative estimate of drug-likeness (QED) is 0.818. The summed E-state index contributed by atoms with van der Waals surface area (Å²) in [7, 11) is 1.66. The lowest BCUT2D eigenvalue weighted by atomic mass is 10.3. The first-order chi connectivity index (χ1) is 8.88. The van der Waals surface area contributed by atoms with Crippen LogP contribution in [0.1, 0.15) is 6.42 Å². The molecule has 0 radical (unpaired) electrons. The fourth-order valence-electron chi connectivity index (χ4n) is 1.27. The van der Waals surface area contributed by atoms with E-state index in [2.05, 4.69) is 0 Å². The van der Waals surface area contributed by atoms with E-state index in [9.17, 15) is 4.79 Å². The Morgan fingerprint density at radius 2 is 1.95 bits per heavy atom. The summed E-state index contributed by atoms with van der Waals surface area (Å²) in [6.07, 6.45) is 0.487. The largest absolute Gasteiger partial charge is 0.484 e. The van der Waals surface area contributed by atoms with Gasteiger partial charge in [-0.25, -0.2) is 0 Å². The summed E-state index contributed by atoms with van der Waals surface area (Å²) in [6.45, 7) is 0.373. The van der Waals surface area contributed by atoms with Crippen molar-refractivity contribution in [3.8, 4) is 5.75 Å². The second-order valence-electron chi connectivity index (χ2n) is 3.93. The van der Waals surface area contributed by atoms with E-state index in [0.29, 0.717) is 33.7 Å². The summed E-state index contributed by atoms with van der Waals surface area (Å²) >= 11 is 16.4. The van der Waals surface area contributed by atoms with Crippen molar-refractivity contribution in [3.05, 3.63) is 28.2 Å². The molecule has 104 valence electrons. The number of benzene rings is 1. The Hall–Kier alpha value is -1.04. The van der Waals surface area contributed by atoms with Gasteiger partial charge in [-0.05, 0) is 18.2 Å². The maximum absolute atomic E-state index is 11.7. The molecule has 7 heteroatoms. The van der Waals surface area contributed by atoms with E-state index in [4.69, 9.17) is 45.9 Å². The molecule has 1 aromatic carbocycles. The van der Waals surface area contributed by atoms with Gasteiger partial charge in [-0.2, -0.15) is 0 Å². The van der Waals surface area contributed by atoms with Crippen LogP contribution in [0.5, 0.6) is 5.75 Å². The van der Waals surface area contributed by atoms with Crippen molar-refractivity contribution >= 4 is 46.3 Å². The van der Waals surface area contributed by atoms with Crippen LogP contribution >= 0.6 is 35.4 Å². The number of thiocarbonyl (C=S) groups is 1. The summed E-state index contributed by atoms with van der Waals surface area (Å²) < 4.78 is 5.33. The number of rotatable bonds is 6. The first-order valence-electron chi connectivity index (χ1n) is 5.49. The minimum atomic E-state index is -0.174. The van der Waals surface area contributed by atoms with Crippen LogP contribution in [0, 0.1) is 0 Å². The Kier molecular flexibility index (Phi) is 6.34. The number of ether oxygens (including phenoxy) is 1. The van der Waals surface area contributed by atoms with E-state index in [1.165, 1.54) is 4.90 Å². The highest BCUT2D eigenvalue weighted by molar-refractivity contribution is 7.80. The first kappa shape index (κ1) is 16.0. The Labute approximate surface area is 127 Å². The average Bonchev–Trinajstić information content (AvgIpc) is 2.31. The van der Waals surface area contributed by atoms with Crippen molar-refractivity contribution < 1.29 is 9.53 Å². The number of amides is 1. The number of likely N-dealkylation sites (N-methyl/N-ethyl adjacent to an activating group) is 1.